The average molecular weight is 895 g/mol. The lowest BCUT2D eigenvalue weighted by atomic mass is 9.77. The number of rotatable bonds is 14. The molecule has 7 aliphatic rings. The summed E-state index contributed by atoms with van der Waals surface area (Å²) >= 11 is 2.09. The topological polar surface area (TPSA) is 0 Å². The predicted octanol–water partition coefficient (Wildman–Crippen LogP) is 19.5. The van der Waals surface area contributed by atoms with Gasteiger partial charge in [-0.15, -0.1) is 0 Å². The van der Waals surface area contributed by atoms with Crippen LogP contribution in [0.5, 0.6) is 0 Å². The molecule has 0 aromatic rings. The minimum Gasteiger partial charge on any atom is -0.244 e. The van der Waals surface area contributed by atoms with Gasteiger partial charge in [0.15, 0.2) is 0 Å². The van der Waals surface area contributed by atoms with Gasteiger partial charge in [0.1, 0.15) is 11.3 Å². The number of thioether (sulfide) groups is 1. The second kappa shape index (κ2) is 27.3. The normalized spacial score (nSPS) is 24.5. The maximum atomic E-state index is 13.2. The van der Waals surface area contributed by atoms with Gasteiger partial charge in [-0.05, 0) is 173 Å². The largest absolute Gasteiger partial charge is 0.253 e. The van der Waals surface area contributed by atoms with Crippen LogP contribution in [0.25, 0.3) is 0 Å². The van der Waals surface area contributed by atoms with Gasteiger partial charge in [-0.1, -0.05) is 122 Å². The first-order valence-corrected chi connectivity index (χ1v) is 26.5. The summed E-state index contributed by atoms with van der Waals surface area (Å²) in [5.41, 5.74) is -0.712. The standard InChI is InChI=1S/C9H16.C8H14F2.C8H15F.C8H16.C7H12F2.C7H13F.C7H14S/c1-8(2)7-9-5-3-4-6-9;1-6(2)8(9,10)7-4-3-5-7;1-7(2)6-8(9)4-3-5-8;1-7(2)6-8(3)4-5-8;1-5(2)3-6-4-7(6,8)9;1-6(2)5-7(8)3-4-7;1-6(2)3-7-4-8-5-7/h3,5,8-9H,4,6-7H2,1-2H3;6-7H,3-5H2,1-2H3;7H,3-6H2,1-2H3;7H,4-6H2,1-3H3;5-6H,3-4H2,1-2H3;6H,3-5H2,1-2H3;6-7H,3-5H2,1-2H3. The van der Waals surface area contributed by atoms with Crippen molar-refractivity contribution in [1.82, 2.24) is 0 Å². The number of allylic oxidation sites excluding steroid dienone is 2. The minimum absolute atomic E-state index is 0.130. The Balaban J connectivity index is 0.000000356. The molecule has 6 aliphatic carbocycles. The molecule has 1 heterocycles. The minimum atomic E-state index is -2.40. The zero-order valence-corrected chi connectivity index (χ0v) is 43.3. The molecule has 0 nitrogen and oxygen atoms in total. The first kappa shape index (κ1) is 58.7. The summed E-state index contributed by atoms with van der Waals surface area (Å²) in [5, 5.41) is 0. The zero-order valence-electron chi connectivity index (χ0n) is 42.5. The third-order valence-electron chi connectivity index (χ3n) is 13.1. The van der Waals surface area contributed by atoms with E-state index >= 15 is 0 Å². The molecule has 1 aliphatic heterocycles. The molecule has 0 aromatic carbocycles. The molecule has 0 spiro atoms. The number of hydrogen-bond acceptors (Lipinski definition) is 1. The van der Waals surface area contributed by atoms with E-state index in [1.807, 2.05) is 13.8 Å². The number of halogens is 6. The van der Waals surface area contributed by atoms with Crippen LogP contribution in [0.4, 0.5) is 26.3 Å². The second-order valence-corrected chi connectivity index (χ2v) is 25.0. The Hall–Kier alpha value is -0.330. The van der Waals surface area contributed by atoms with Gasteiger partial charge in [-0.25, -0.2) is 26.3 Å². The molecule has 5 saturated carbocycles. The molecule has 7 heteroatoms. The van der Waals surface area contributed by atoms with Gasteiger partial charge in [-0.2, -0.15) is 11.8 Å². The Morgan fingerprint density at radius 1 is 0.574 bits per heavy atom. The van der Waals surface area contributed by atoms with Crippen LogP contribution in [0.3, 0.4) is 0 Å². The van der Waals surface area contributed by atoms with Gasteiger partial charge >= 0.3 is 0 Å². The first-order valence-electron chi connectivity index (χ1n) is 25.4. The monoisotopic (exact) mass is 895 g/mol. The SMILES string of the molecule is CC(C)C(F)(F)C1CCC1.CC(C)CC1(C)CC1.CC(C)CC1(F)CC1.CC(C)CC1(F)CCC1.CC(C)CC1C=CCC1.CC(C)CC1CC1(F)F.CC(C)CC1CSC1. The maximum absolute atomic E-state index is 13.2. The van der Waals surface area contributed by atoms with E-state index in [4.69, 9.17) is 0 Å². The zero-order chi connectivity index (χ0) is 46.8. The quantitative estimate of drug-likeness (QED) is 0.124. The van der Waals surface area contributed by atoms with Gasteiger partial charge in [0, 0.05) is 24.2 Å². The molecule has 0 bridgehead atoms. The van der Waals surface area contributed by atoms with Crippen molar-refractivity contribution in [1.29, 1.82) is 0 Å². The van der Waals surface area contributed by atoms with Crippen molar-refractivity contribution in [2.75, 3.05) is 11.5 Å². The Labute approximate surface area is 380 Å². The number of alkyl halides is 6. The van der Waals surface area contributed by atoms with E-state index in [9.17, 15) is 26.3 Å². The molecule has 364 valence electrons. The van der Waals surface area contributed by atoms with Crippen molar-refractivity contribution in [2.24, 2.45) is 70.5 Å². The van der Waals surface area contributed by atoms with Crippen LogP contribution in [0, 0.1) is 70.5 Å². The molecule has 2 atom stereocenters. The van der Waals surface area contributed by atoms with E-state index in [1.165, 1.54) is 56.5 Å². The van der Waals surface area contributed by atoms with Gasteiger partial charge in [0.25, 0.3) is 11.8 Å². The van der Waals surface area contributed by atoms with Crippen LogP contribution in [-0.2, 0) is 0 Å². The lowest BCUT2D eigenvalue weighted by molar-refractivity contribution is -0.122. The van der Waals surface area contributed by atoms with E-state index in [2.05, 4.69) is 100 Å². The van der Waals surface area contributed by atoms with Crippen molar-refractivity contribution in [3.05, 3.63) is 12.2 Å². The summed E-state index contributed by atoms with van der Waals surface area (Å²) in [5.74, 6) is 3.20. The summed E-state index contributed by atoms with van der Waals surface area (Å²) in [6.07, 6.45) is 23.8. The first-order chi connectivity index (χ1) is 28.0. The molecule has 0 radical (unpaired) electrons. The van der Waals surface area contributed by atoms with Crippen molar-refractivity contribution >= 4 is 11.8 Å². The molecule has 0 N–H and O–H groups in total. The molecular formula is C54H100F6S. The van der Waals surface area contributed by atoms with Crippen LogP contribution in [0.15, 0.2) is 12.2 Å². The molecule has 7 rings (SSSR count). The second-order valence-electron chi connectivity index (χ2n) is 23.9. The van der Waals surface area contributed by atoms with E-state index in [0.29, 0.717) is 24.2 Å². The highest BCUT2D eigenvalue weighted by Crippen LogP contribution is 2.52. The highest BCUT2D eigenvalue weighted by Gasteiger charge is 2.56. The molecular weight excluding hydrogens is 795 g/mol. The Morgan fingerprint density at radius 3 is 1.18 bits per heavy atom. The van der Waals surface area contributed by atoms with Crippen LogP contribution in [0.1, 0.15) is 226 Å². The van der Waals surface area contributed by atoms with Gasteiger partial charge in [-0.3, -0.25) is 0 Å². The molecule has 0 amide bonds. The highest BCUT2D eigenvalue weighted by atomic mass is 32.2. The molecule has 6 fully saturated rings. The van der Waals surface area contributed by atoms with Gasteiger partial charge < -0.3 is 0 Å². The number of hydrogen-bond donors (Lipinski definition) is 0. The van der Waals surface area contributed by atoms with Gasteiger partial charge in [0.2, 0.25) is 0 Å². The summed E-state index contributed by atoms with van der Waals surface area (Å²) < 4.78 is 76.2. The fourth-order valence-corrected chi connectivity index (χ4v) is 9.76. The summed E-state index contributed by atoms with van der Waals surface area (Å²) in [7, 11) is 0. The Kier molecular flexibility index (Phi) is 26.3. The van der Waals surface area contributed by atoms with Crippen LogP contribution in [0.2, 0.25) is 0 Å². The van der Waals surface area contributed by atoms with Crippen molar-refractivity contribution in [3.63, 3.8) is 0 Å². The average Bonchev–Trinajstić information content (AvgIpc) is 3.98. The van der Waals surface area contributed by atoms with Crippen molar-refractivity contribution < 1.29 is 26.3 Å². The highest BCUT2D eigenvalue weighted by molar-refractivity contribution is 8.00. The van der Waals surface area contributed by atoms with Crippen LogP contribution >= 0.6 is 11.8 Å². The maximum Gasteiger partial charge on any atom is 0.253 e. The lowest BCUT2D eigenvalue weighted by Crippen LogP contribution is -2.37. The smallest absolute Gasteiger partial charge is 0.244 e. The summed E-state index contributed by atoms with van der Waals surface area (Å²) in [6.45, 7) is 31.7. The summed E-state index contributed by atoms with van der Waals surface area (Å²) in [4.78, 5) is 0. The Bertz CT molecular complexity index is 1130. The van der Waals surface area contributed by atoms with E-state index < -0.39 is 29.1 Å². The van der Waals surface area contributed by atoms with Gasteiger partial charge in [0.05, 0.1) is 0 Å². The Morgan fingerprint density at radius 2 is 1.03 bits per heavy atom. The third-order valence-corrected chi connectivity index (χ3v) is 14.5. The van der Waals surface area contributed by atoms with E-state index in [-0.39, 0.29) is 18.3 Å². The lowest BCUT2D eigenvalue weighted by Gasteiger charge is -2.35. The predicted molar refractivity (Wildman–Crippen MR) is 258 cm³/mol. The van der Waals surface area contributed by atoms with E-state index in [1.54, 1.807) is 13.8 Å². The third kappa shape index (κ3) is 27.7. The molecule has 2 unspecified atom stereocenters. The fraction of sp³-hybridized carbons (Fsp3) is 0.963. The fourth-order valence-electron chi connectivity index (χ4n) is 8.91. The molecule has 61 heavy (non-hydrogen) atoms. The molecule has 1 saturated heterocycles. The van der Waals surface area contributed by atoms with Crippen LogP contribution < -0.4 is 0 Å². The van der Waals surface area contributed by atoms with Crippen LogP contribution in [-0.4, -0.2) is 34.7 Å². The summed E-state index contributed by atoms with van der Waals surface area (Å²) in [6, 6.07) is 0. The van der Waals surface area contributed by atoms with E-state index in [0.717, 1.165) is 99.2 Å². The molecule has 0 aromatic heterocycles. The van der Waals surface area contributed by atoms with Crippen molar-refractivity contribution in [3.8, 4) is 0 Å². The van der Waals surface area contributed by atoms with Crippen molar-refractivity contribution in [2.45, 2.75) is 249 Å².